The minimum atomic E-state index is -4.47. The van der Waals surface area contributed by atoms with E-state index in [1.165, 1.54) is 12.2 Å². The molecule has 0 spiro atoms. The second-order valence-corrected chi connectivity index (χ2v) is 4.75. The van der Waals surface area contributed by atoms with Crippen LogP contribution in [0.2, 0.25) is 0 Å². The van der Waals surface area contributed by atoms with E-state index in [9.17, 15) is 13.2 Å². The Kier molecular flexibility index (Phi) is 10.6. The number of rotatable bonds is 8. The lowest BCUT2D eigenvalue weighted by Gasteiger charge is -2.28. The van der Waals surface area contributed by atoms with Crippen LogP contribution >= 0.6 is 12.9 Å². The molecule has 1 rings (SSSR count). The topological polar surface area (TPSA) is 56.1 Å². The highest BCUT2D eigenvalue weighted by Crippen LogP contribution is 2.31. The molecule has 0 aromatic heterocycles. The normalized spacial score (nSPS) is 13.8. The van der Waals surface area contributed by atoms with Gasteiger partial charge in [0.25, 0.3) is 0 Å². The Morgan fingerprint density at radius 2 is 1.83 bits per heavy atom. The van der Waals surface area contributed by atoms with Crippen molar-refractivity contribution >= 4 is 24.8 Å². The first-order valence-electron chi connectivity index (χ1n) is 6.95. The van der Waals surface area contributed by atoms with Gasteiger partial charge in [0, 0.05) is 17.8 Å². The van der Waals surface area contributed by atoms with Crippen molar-refractivity contribution in [2.75, 3.05) is 5.32 Å². The maximum Gasteiger partial charge on any atom is 0.409 e. The second-order valence-electron chi connectivity index (χ2n) is 4.75. The molecule has 0 fully saturated rings. The smallest absolute Gasteiger partial charge is 0.373 e. The van der Waals surface area contributed by atoms with Crippen molar-refractivity contribution in [3.63, 3.8) is 0 Å². The van der Waals surface area contributed by atoms with Gasteiger partial charge in [-0.3, -0.25) is 0 Å². The lowest BCUT2D eigenvalue weighted by atomic mass is 9.92. The van der Waals surface area contributed by atoms with Crippen molar-refractivity contribution in [2.24, 2.45) is 5.92 Å². The molecule has 2 unspecified atom stereocenters. The molecule has 24 heavy (non-hydrogen) atoms. The summed E-state index contributed by atoms with van der Waals surface area (Å²) < 4.78 is 46.7. The lowest BCUT2D eigenvalue weighted by Crippen LogP contribution is -2.43. The Morgan fingerprint density at radius 3 is 2.25 bits per heavy atom. The molecule has 0 amide bonds. The minimum absolute atomic E-state index is 0.0586. The summed E-state index contributed by atoms with van der Waals surface area (Å²) in [6.07, 6.45) is 0.981. The van der Waals surface area contributed by atoms with Crippen LogP contribution in [-0.4, -0.2) is 23.0 Å². The fourth-order valence-electron chi connectivity index (χ4n) is 2.06. The van der Waals surface area contributed by atoms with E-state index < -0.39 is 18.1 Å². The van der Waals surface area contributed by atoms with Crippen molar-refractivity contribution in [3.05, 3.63) is 67.3 Å². The van der Waals surface area contributed by atoms with E-state index in [1.807, 2.05) is 0 Å². The molecule has 1 aromatic rings. The summed E-state index contributed by atoms with van der Waals surface area (Å²) in [5.41, 5.74) is 0.970. The summed E-state index contributed by atoms with van der Waals surface area (Å²) in [5.74, 6) is -1.04. The standard InChI is InChI=1S/C17H19F3N2.H2OS/c1-3-8-13(4-2)11-14(12-21)16(17(18,19)20)22-15-9-6-5-7-10-15;1-2/h3-10,12,14,16,21-22H,1-2,11H2;1-2H/b13-8+,21-12?;. The molecule has 7 heteroatoms. The average Bonchev–Trinajstić information content (AvgIpc) is 2.58. The molecular formula is C17H21F3N2OS. The number of nitrogens with one attached hydrogen (secondary N) is 2. The molecule has 132 valence electrons. The number of hydrogen-bond donors (Lipinski definition) is 4. The number of hydrogen-bond acceptors (Lipinski definition) is 4. The fourth-order valence-corrected chi connectivity index (χ4v) is 2.06. The summed E-state index contributed by atoms with van der Waals surface area (Å²) in [7, 11) is 0. The highest BCUT2D eigenvalue weighted by molar-refractivity contribution is 7.74. The minimum Gasteiger partial charge on any atom is -0.373 e. The Bertz CT molecular complexity index is 545. The number of alkyl halides is 3. The molecule has 3 nitrogen and oxygen atoms in total. The predicted octanol–water partition coefficient (Wildman–Crippen LogP) is 5.37. The van der Waals surface area contributed by atoms with Crippen molar-refractivity contribution in [1.82, 2.24) is 0 Å². The van der Waals surface area contributed by atoms with E-state index in [0.717, 1.165) is 6.21 Å². The van der Waals surface area contributed by atoms with E-state index in [4.69, 9.17) is 9.96 Å². The Balaban J connectivity index is 0.00000254. The zero-order valence-electron chi connectivity index (χ0n) is 13.0. The SMILES string of the molecule is C=C/C=C(\C=C)CC(C=N)C(Nc1ccccc1)C(F)(F)F.OS. The molecule has 0 aliphatic rings. The van der Waals surface area contributed by atoms with E-state index in [2.05, 4.69) is 31.4 Å². The van der Waals surface area contributed by atoms with Crippen molar-refractivity contribution in [3.8, 4) is 0 Å². The van der Waals surface area contributed by atoms with Crippen molar-refractivity contribution < 1.29 is 17.7 Å². The fraction of sp³-hybridized carbons (Fsp3) is 0.235. The zero-order valence-corrected chi connectivity index (χ0v) is 13.9. The van der Waals surface area contributed by atoms with E-state index in [1.54, 1.807) is 36.4 Å². The van der Waals surface area contributed by atoms with Gasteiger partial charge in [-0.15, -0.1) is 0 Å². The molecule has 0 bridgehead atoms. The largest absolute Gasteiger partial charge is 0.409 e. The van der Waals surface area contributed by atoms with Crippen LogP contribution in [0.15, 0.2) is 67.3 Å². The van der Waals surface area contributed by atoms with Crippen LogP contribution in [0.25, 0.3) is 0 Å². The van der Waals surface area contributed by atoms with Crippen LogP contribution in [-0.2, 0) is 0 Å². The van der Waals surface area contributed by atoms with Gasteiger partial charge in [0.15, 0.2) is 0 Å². The molecule has 0 aliphatic carbocycles. The van der Waals surface area contributed by atoms with Gasteiger partial charge in [-0.2, -0.15) is 13.2 Å². The maximum atomic E-state index is 13.4. The highest BCUT2D eigenvalue weighted by Gasteiger charge is 2.44. The van der Waals surface area contributed by atoms with Crippen LogP contribution in [0, 0.1) is 11.3 Å². The summed E-state index contributed by atoms with van der Waals surface area (Å²) in [4.78, 5) is 0. The van der Waals surface area contributed by atoms with Crippen molar-refractivity contribution in [2.45, 2.75) is 18.6 Å². The maximum absolute atomic E-state index is 13.4. The quantitative estimate of drug-likeness (QED) is 0.218. The second kappa shape index (κ2) is 11.5. The molecule has 0 radical (unpaired) electrons. The number of thiol groups is 1. The number of allylic oxidation sites excluding steroid dienone is 4. The average molecular weight is 358 g/mol. The summed E-state index contributed by atoms with van der Waals surface area (Å²) >= 11 is 2.53. The van der Waals surface area contributed by atoms with E-state index in [-0.39, 0.29) is 6.42 Å². The molecule has 2 atom stereocenters. The van der Waals surface area contributed by atoms with Crippen LogP contribution in [0.4, 0.5) is 18.9 Å². The Labute approximate surface area is 145 Å². The zero-order chi connectivity index (χ0) is 18.6. The summed E-state index contributed by atoms with van der Waals surface area (Å²) in [5, 5.41) is 9.86. The molecule has 3 N–H and O–H groups in total. The number of para-hydroxylation sites is 1. The Morgan fingerprint density at radius 1 is 1.25 bits per heavy atom. The number of halogens is 3. The van der Waals surface area contributed by atoms with Gasteiger partial charge in [-0.1, -0.05) is 49.6 Å². The van der Waals surface area contributed by atoms with Gasteiger partial charge < -0.3 is 15.3 Å². The van der Waals surface area contributed by atoms with Gasteiger partial charge >= 0.3 is 6.18 Å². The van der Waals surface area contributed by atoms with Crippen molar-refractivity contribution in [1.29, 1.82) is 5.41 Å². The molecule has 0 heterocycles. The third-order valence-electron chi connectivity index (χ3n) is 3.16. The first-order chi connectivity index (χ1) is 11.4. The summed E-state index contributed by atoms with van der Waals surface area (Å²) in [6.45, 7) is 7.10. The lowest BCUT2D eigenvalue weighted by molar-refractivity contribution is -0.148. The highest BCUT2D eigenvalue weighted by atomic mass is 32.1. The van der Waals surface area contributed by atoms with Crippen LogP contribution in [0.5, 0.6) is 0 Å². The summed E-state index contributed by atoms with van der Waals surface area (Å²) in [6, 6.07) is 6.32. The van der Waals surface area contributed by atoms with Gasteiger partial charge in [-0.05, 0) is 37.0 Å². The Hall–Kier alpha value is -1.99. The first kappa shape index (κ1) is 22.0. The third kappa shape index (κ3) is 7.52. The molecule has 1 aromatic carbocycles. The van der Waals surface area contributed by atoms with E-state index >= 15 is 0 Å². The van der Waals surface area contributed by atoms with Crippen LogP contribution < -0.4 is 5.32 Å². The molecule has 0 aliphatic heterocycles. The van der Waals surface area contributed by atoms with Gasteiger partial charge in [0.1, 0.15) is 6.04 Å². The van der Waals surface area contributed by atoms with Crippen LogP contribution in [0.3, 0.4) is 0 Å². The third-order valence-corrected chi connectivity index (χ3v) is 3.16. The van der Waals surface area contributed by atoms with Gasteiger partial charge in [-0.25, -0.2) is 0 Å². The number of anilines is 1. The number of benzene rings is 1. The van der Waals surface area contributed by atoms with Crippen LogP contribution in [0.1, 0.15) is 6.42 Å². The van der Waals surface area contributed by atoms with Gasteiger partial charge in [0.2, 0.25) is 0 Å². The predicted molar refractivity (Wildman–Crippen MR) is 96.9 cm³/mol. The molecular weight excluding hydrogens is 337 g/mol. The first-order valence-corrected chi connectivity index (χ1v) is 7.35. The van der Waals surface area contributed by atoms with E-state index in [0.29, 0.717) is 11.3 Å². The molecule has 0 saturated carbocycles. The van der Waals surface area contributed by atoms with Gasteiger partial charge in [0.05, 0.1) is 0 Å². The monoisotopic (exact) mass is 358 g/mol. The molecule has 0 saturated heterocycles.